The van der Waals surface area contributed by atoms with Crippen LogP contribution < -0.4 is 0 Å². The number of rotatable bonds is 4. The lowest BCUT2D eigenvalue weighted by molar-refractivity contribution is 0.168. The van der Waals surface area contributed by atoms with E-state index in [1.165, 1.54) is 12.1 Å². The van der Waals surface area contributed by atoms with Crippen LogP contribution in [-0.4, -0.2) is 14.7 Å². The summed E-state index contributed by atoms with van der Waals surface area (Å²) in [5.74, 6) is -0.291. The molecular weight excluding hydrogens is 311 g/mol. The Bertz CT molecular complexity index is 595. The average Bonchev–Trinajstić information content (AvgIpc) is 3.11. The maximum atomic E-state index is 13.2. The van der Waals surface area contributed by atoms with Crippen molar-refractivity contribution in [3.63, 3.8) is 0 Å². The molecule has 0 radical (unpaired) electrons. The first-order valence-electron chi connectivity index (χ1n) is 6.29. The van der Waals surface area contributed by atoms with Crippen LogP contribution in [0.1, 0.15) is 36.2 Å². The molecule has 1 fully saturated rings. The van der Waals surface area contributed by atoms with E-state index in [0.717, 1.165) is 28.6 Å². The Balaban J connectivity index is 1.82. The van der Waals surface area contributed by atoms with Crippen LogP contribution in [0.25, 0.3) is 0 Å². The van der Waals surface area contributed by atoms with Crippen molar-refractivity contribution >= 4 is 15.9 Å². The highest BCUT2D eigenvalue weighted by molar-refractivity contribution is 9.10. The molecule has 0 spiro atoms. The highest BCUT2D eigenvalue weighted by Gasteiger charge is 2.27. The topological polar surface area (TPSA) is 38.1 Å². The standard InChI is InChI=1S/C14H14BrFN2O/c15-12-4-1-10(16)5-9(12)6-14(19)13-7-17-8-18(13)11-2-3-11/h1,4-5,7-8,11,14,19H,2-3,6H2. The molecule has 100 valence electrons. The van der Waals surface area contributed by atoms with E-state index in [1.54, 1.807) is 18.6 Å². The van der Waals surface area contributed by atoms with Crippen molar-refractivity contribution in [2.24, 2.45) is 0 Å². The zero-order valence-electron chi connectivity index (χ0n) is 10.3. The third-order valence-corrected chi connectivity index (χ3v) is 4.17. The maximum absolute atomic E-state index is 13.2. The minimum Gasteiger partial charge on any atom is -0.386 e. The Kier molecular flexibility index (Phi) is 3.41. The molecule has 3 nitrogen and oxygen atoms in total. The van der Waals surface area contributed by atoms with Crippen molar-refractivity contribution in [1.29, 1.82) is 0 Å². The second kappa shape index (κ2) is 5.06. The van der Waals surface area contributed by atoms with E-state index >= 15 is 0 Å². The zero-order chi connectivity index (χ0) is 13.4. The second-order valence-electron chi connectivity index (χ2n) is 4.91. The van der Waals surface area contributed by atoms with Crippen LogP contribution in [0.5, 0.6) is 0 Å². The lowest BCUT2D eigenvalue weighted by Gasteiger charge is -2.14. The molecule has 1 unspecified atom stereocenters. The van der Waals surface area contributed by atoms with Crippen molar-refractivity contribution in [2.45, 2.75) is 31.4 Å². The molecule has 1 aliphatic carbocycles. The number of aromatic nitrogens is 2. The number of hydrogen-bond acceptors (Lipinski definition) is 2. The Morgan fingerprint density at radius 3 is 3.00 bits per heavy atom. The fourth-order valence-corrected chi connectivity index (χ4v) is 2.65. The first-order valence-corrected chi connectivity index (χ1v) is 7.08. The number of imidazole rings is 1. The van der Waals surface area contributed by atoms with Gasteiger partial charge in [-0.05, 0) is 36.6 Å². The molecule has 1 saturated carbocycles. The van der Waals surface area contributed by atoms with Gasteiger partial charge in [-0.1, -0.05) is 15.9 Å². The van der Waals surface area contributed by atoms with Gasteiger partial charge in [-0.3, -0.25) is 0 Å². The van der Waals surface area contributed by atoms with Crippen LogP contribution in [-0.2, 0) is 6.42 Å². The van der Waals surface area contributed by atoms with Crippen LogP contribution in [0, 0.1) is 5.82 Å². The normalized spacial score (nSPS) is 16.6. The minimum atomic E-state index is -0.666. The van der Waals surface area contributed by atoms with Gasteiger partial charge in [-0.2, -0.15) is 0 Å². The first kappa shape index (κ1) is 12.8. The summed E-state index contributed by atoms with van der Waals surface area (Å²) in [5.41, 5.74) is 1.56. The average molecular weight is 325 g/mol. The van der Waals surface area contributed by atoms with Gasteiger partial charge >= 0.3 is 0 Å². The number of nitrogens with zero attached hydrogens (tertiary/aromatic N) is 2. The van der Waals surface area contributed by atoms with Crippen LogP contribution >= 0.6 is 15.9 Å². The predicted molar refractivity (Wildman–Crippen MR) is 73.3 cm³/mol. The Morgan fingerprint density at radius 1 is 1.47 bits per heavy atom. The van der Waals surface area contributed by atoms with Crippen LogP contribution in [0.2, 0.25) is 0 Å². The smallest absolute Gasteiger partial charge is 0.123 e. The van der Waals surface area contributed by atoms with Gasteiger partial charge in [0.2, 0.25) is 0 Å². The molecule has 0 saturated heterocycles. The Labute approximate surface area is 119 Å². The first-order chi connectivity index (χ1) is 9.15. The Hall–Kier alpha value is -1.20. The molecule has 2 aromatic rings. The fraction of sp³-hybridized carbons (Fsp3) is 0.357. The molecule has 1 aromatic carbocycles. The van der Waals surface area contributed by atoms with E-state index in [-0.39, 0.29) is 5.82 Å². The van der Waals surface area contributed by atoms with Crippen molar-refractivity contribution in [3.8, 4) is 0 Å². The summed E-state index contributed by atoms with van der Waals surface area (Å²) >= 11 is 3.38. The van der Waals surface area contributed by atoms with Gasteiger partial charge in [0.05, 0.1) is 24.3 Å². The number of hydrogen-bond donors (Lipinski definition) is 1. The van der Waals surface area contributed by atoms with Crippen LogP contribution in [0.3, 0.4) is 0 Å². The van der Waals surface area contributed by atoms with Crippen molar-refractivity contribution < 1.29 is 9.50 Å². The summed E-state index contributed by atoms with van der Waals surface area (Å²) in [6, 6.07) is 4.98. The molecule has 1 aliphatic rings. The third-order valence-electron chi connectivity index (χ3n) is 3.40. The molecule has 0 aliphatic heterocycles. The largest absolute Gasteiger partial charge is 0.386 e. The van der Waals surface area contributed by atoms with E-state index in [2.05, 4.69) is 20.9 Å². The number of benzene rings is 1. The number of aliphatic hydroxyl groups excluding tert-OH is 1. The number of aliphatic hydroxyl groups is 1. The van der Waals surface area contributed by atoms with Crippen molar-refractivity contribution in [1.82, 2.24) is 9.55 Å². The predicted octanol–water partition coefficient (Wildman–Crippen LogP) is 3.40. The van der Waals surface area contributed by atoms with Crippen molar-refractivity contribution in [2.75, 3.05) is 0 Å². The second-order valence-corrected chi connectivity index (χ2v) is 5.77. The molecule has 19 heavy (non-hydrogen) atoms. The highest BCUT2D eigenvalue weighted by atomic mass is 79.9. The van der Waals surface area contributed by atoms with E-state index < -0.39 is 6.10 Å². The Morgan fingerprint density at radius 2 is 2.26 bits per heavy atom. The molecule has 5 heteroatoms. The fourth-order valence-electron chi connectivity index (χ4n) is 2.24. The van der Waals surface area contributed by atoms with Gasteiger partial charge in [0.1, 0.15) is 5.82 Å². The molecule has 0 amide bonds. The molecular formula is C14H14BrFN2O. The molecule has 1 atom stereocenters. The summed E-state index contributed by atoms with van der Waals surface area (Å²) in [6.45, 7) is 0. The molecule has 1 heterocycles. The monoisotopic (exact) mass is 324 g/mol. The van der Waals surface area contributed by atoms with Gasteiger partial charge in [0.25, 0.3) is 0 Å². The summed E-state index contributed by atoms with van der Waals surface area (Å²) in [4.78, 5) is 4.10. The van der Waals surface area contributed by atoms with Gasteiger partial charge in [0.15, 0.2) is 0 Å². The van der Waals surface area contributed by atoms with Crippen molar-refractivity contribution in [3.05, 3.63) is 52.3 Å². The van der Waals surface area contributed by atoms with Gasteiger partial charge < -0.3 is 9.67 Å². The van der Waals surface area contributed by atoms with Crippen LogP contribution in [0.15, 0.2) is 35.2 Å². The molecule has 1 N–H and O–H groups in total. The molecule has 0 bridgehead atoms. The number of halogens is 2. The van der Waals surface area contributed by atoms with E-state index in [0.29, 0.717) is 12.5 Å². The van der Waals surface area contributed by atoms with E-state index in [4.69, 9.17) is 0 Å². The minimum absolute atomic E-state index is 0.291. The molecule has 1 aromatic heterocycles. The highest BCUT2D eigenvalue weighted by Crippen LogP contribution is 2.37. The quantitative estimate of drug-likeness (QED) is 0.936. The molecule has 3 rings (SSSR count). The SMILES string of the molecule is OC(Cc1cc(F)ccc1Br)c1cncn1C1CC1. The summed E-state index contributed by atoms with van der Waals surface area (Å²) in [6.07, 6.45) is 5.43. The van der Waals surface area contributed by atoms with Gasteiger partial charge in [-0.15, -0.1) is 0 Å². The van der Waals surface area contributed by atoms with E-state index in [9.17, 15) is 9.50 Å². The lowest BCUT2D eigenvalue weighted by Crippen LogP contribution is -2.09. The zero-order valence-corrected chi connectivity index (χ0v) is 11.8. The van der Waals surface area contributed by atoms with Gasteiger partial charge in [0, 0.05) is 16.9 Å². The summed E-state index contributed by atoms with van der Waals surface area (Å²) < 4.78 is 16.1. The summed E-state index contributed by atoms with van der Waals surface area (Å²) in [7, 11) is 0. The lowest BCUT2D eigenvalue weighted by atomic mass is 10.1. The van der Waals surface area contributed by atoms with Crippen LogP contribution in [0.4, 0.5) is 4.39 Å². The maximum Gasteiger partial charge on any atom is 0.123 e. The van der Waals surface area contributed by atoms with Gasteiger partial charge in [-0.25, -0.2) is 9.37 Å². The third kappa shape index (κ3) is 2.72. The van der Waals surface area contributed by atoms with E-state index in [1.807, 2.05) is 4.57 Å². The summed E-state index contributed by atoms with van der Waals surface area (Å²) in [5, 5.41) is 10.3.